The smallest absolute Gasteiger partial charge is 0.399 e. The molecule has 0 aromatic carbocycles. The van der Waals surface area contributed by atoms with E-state index in [0.29, 0.717) is 12.0 Å². The number of rotatable bonds is 5. The van der Waals surface area contributed by atoms with Crippen molar-refractivity contribution in [2.75, 3.05) is 38.2 Å². The Bertz CT molecular complexity index is 580. The molecular weight excluding hydrogens is 319 g/mol. The molecule has 2 fully saturated rings. The molecule has 1 atom stereocenters. The summed E-state index contributed by atoms with van der Waals surface area (Å²) in [7, 11) is 1.59. The van der Waals surface area contributed by atoms with Gasteiger partial charge >= 0.3 is 7.12 Å². The van der Waals surface area contributed by atoms with Gasteiger partial charge in [0.05, 0.1) is 17.8 Å². The molecular formula is C17H29BN4O3. The Morgan fingerprint density at radius 1 is 1.24 bits per heavy atom. The highest BCUT2D eigenvalue weighted by Crippen LogP contribution is 2.36. The zero-order chi connectivity index (χ0) is 18.2. The van der Waals surface area contributed by atoms with E-state index in [1.165, 1.54) is 0 Å². The summed E-state index contributed by atoms with van der Waals surface area (Å²) in [6.45, 7) is 11.0. The molecule has 0 saturated carbocycles. The molecule has 2 aliphatic rings. The topological polar surface area (TPSA) is 71.0 Å². The van der Waals surface area contributed by atoms with Crippen LogP contribution >= 0.6 is 0 Å². The Morgan fingerprint density at radius 2 is 1.84 bits per heavy atom. The van der Waals surface area contributed by atoms with Gasteiger partial charge in [-0.1, -0.05) is 0 Å². The molecule has 2 saturated heterocycles. The monoisotopic (exact) mass is 348 g/mol. The van der Waals surface area contributed by atoms with Crippen LogP contribution < -0.4 is 10.4 Å². The molecule has 25 heavy (non-hydrogen) atoms. The van der Waals surface area contributed by atoms with Crippen LogP contribution in [-0.2, 0) is 9.31 Å². The third-order valence-electron chi connectivity index (χ3n) is 5.71. The fraction of sp³-hybridized carbons (Fsp3) is 0.765. The summed E-state index contributed by atoms with van der Waals surface area (Å²) in [6.07, 6.45) is 4.64. The number of β-amino-alcohol motifs (C(OH)–C–C–N with tert-alkyl or cyclic N) is 1. The molecule has 1 N–H and O–H groups in total. The molecule has 7 nitrogen and oxygen atoms in total. The maximum absolute atomic E-state index is 9.07. The lowest BCUT2D eigenvalue weighted by Crippen LogP contribution is -2.41. The summed E-state index contributed by atoms with van der Waals surface area (Å²) in [5, 5.41) is 9.07. The maximum Gasteiger partial charge on any atom is 0.498 e. The first-order valence-corrected chi connectivity index (χ1v) is 8.97. The summed E-state index contributed by atoms with van der Waals surface area (Å²) in [4.78, 5) is 13.4. The average molecular weight is 348 g/mol. The SMILES string of the molecule is CN(c1ncc(B2OC(C)(C)C(C)(C)O2)cn1)[C@@H]1CCN(CCO)C1. The zero-order valence-electron chi connectivity index (χ0n) is 15.9. The van der Waals surface area contributed by atoms with Crippen molar-refractivity contribution in [2.45, 2.75) is 51.4 Å². The number of likely N-dealkylation sites (N-methyl/N-ethyl adjacent to an activating group) is 1. The molecule has 0 radical (unpaired) electrons. The number of anilines is 1. The van der Waals surface area contributed by atoms with Crippen molar-refractivity contribution in [3.63, 3.8) is 0 Å². The van der Waals surface area contributed by atoms with Crippen LogP contribution in [0.5, 0.6) is 0 Å². The summed E-state index contributed by atoms with van der Waals surface area (Å²) >= 11 is 0. The number of hydrogen-bond donors (Lipinski definition) is 1. The quantitative estimate of drug-likeness (QED) is 0.767. The number of hydrogen-bond acceptors (Lipinski definition) is 7. The van der Waals surface area contributed by atoms with Crippen LogP contribution in [0.2, 0.25) is 0 Å². The first kappa shape index (κ1) is 18.6. The normalized spacial score (nSPS) is 25.5. The van der Waals surface area contributed by atoms with Crippen LogP contribution in [0, 0.1) is 0 Å². The molecule has 1 aromatic heterocycles. The molecule has 3 heterocycles. The highest BCUT2D eigenvalue weighted by Gasteiger charge is 2.52. The van der Waals surface area contributed by atoms with Crippen LogP contribution in [0.3, 0.4) is 0 Å². The van der Waals surface area contributed by atoms with Crippen molar-refractivity contribution < 1.29 is 14.4 Å². The molecule has 2 aliphatic heterocycles. The Morgan fingerprint density at radius 3 is 2.40 bits per heavy atom. The molecule has 0 aliphatic carbocycles. The van der Waals surface area contributed by atoms with Crippen LogP contribution in [0.1, 0.15) is 34.1 Å². The van der Waals surface area contributed by atoms with E-state index in [0.717, 1.165) is 31.5 Å². The maximum atomic E-state index is 9.07. The van der Waals surface area contributed by atoms with Crippen LogP contribution in [0.15, 0.2) is 12.4 Å². The van der Waals surface area contributed by atoms with Gasteiger partial charge in [-0.3, -0.25) is 4.90 Å². The first-order valence-electron chi connectivity index (χ1n) is 8.97. The lowest BCUT2D eigenvalue weighted by atomic mass is 9.81. The van der Waals surface area contributed by atoms with E-state index >= 15 is 0 Å². The predicted molar refractivity (Wildman–Crippen MR) is 98.1 cm³/mol. The van der Waals surface area contributed by atoms with Crippen molar-refractivity contribution in [3.8, 4) is 0 Å². The van der Waals surface area contributed by atoms with Gasteiger partial charge in [0.15, 0.2) is 0 Å². The molecule has 0 amide bonds. The predicted octanol–water partition coefficient (Wildman–Crippen LogP) is 0.279. The Hall–Kier alpha value is -1.22. The van der Waals surface area contributed by atoms with E-state index < -0.39 is 7.12 Å². The van der Waals surface area contributed by atoms with Crippen molar-refractivity contribution in [1.82, 2.24) is 14.9 Å². The average Bonchev–Trinajstić information content (AvgIpc) is 3.10. The van der Waals surface area contributed by atoms with Gasteiger partial charge in [0.1, 0.15) is 0 Å². The highest BCUT2D eigenvalue weighted by molar-refractivity contribution is 6.61. The molecule has 3 rings (SSSR count). The van der Waals surface area contributed by atoms with Crippen LogP contribution in [0.4, 0.5) is 5.95 Å². The molecule has 138 valence electrons. The lowest BCUT2D eigenvalue weighted by molar-refractivity contribution is 0.00578. The first-order chi connectivity index (χ1) is 11.7. The Labute approximate surface area is 150 Å². The van der Waals surface area contributed by atoms with Gasteiger partial charge in [-0.2, -0.15) is 0 Å². The standard InChI is InChI=1S/C17H29BN4O3/c1-16(2)17(3,4)25-18(24-16)13-10-19-15(20-11-13)21(5)14-6-7-22(12-14)8-9-23/h10-11,14,23H,6-9,12H2,1-5H3/t14-/m1/s1. The molecule has 1 aromatic rings. The van der Waals surface area contributed by atoms with Crippen molar-refractivity contribution in [3.05, 3.63) is 12.4 Å². The molecule has 8 heteroatoms. The van der Waals surface area contributed by atoms with E-state index in [-0.39, 0.29) is 17.8 Å². The van der Waals surface area contributed by atoms with Gasteiger partial charge in [0, 0.05) is 50.6 Å². The third kappa shape index (κ3) is 3.67. The number of nitrogens with zero attached hydrogens (tertiary/aromatic N) is 4. The van der Waals surface area contributed by atoms with Crippen molar-refractivity contribution in [2.24, 2.45) is 0 Å². The minimum atomic E-state index is -0.434. The number of likely N-dealkylation sites (tertiary alicyclic amines) is 1. The minimum absolute atomic E-state index is 0.204. The van der Waals surface area contributed by atoms with E-state index in [4.69, 9.17) is 14.4 Å². The van der Waals surface area contributed by atoms with Gasteiger partial charge in [0.25, 0.3) is 0 Å². The van der Waals surface area contributed by atoms with Gasteiger partial charge in [0.2, 0.25) is 5.95 Å². The number of aromatic nitrogens is 2. The molecule has 0 unspecified atom stereocenters. The summed E-state index contributed by atoms with van der Waals surface area (Å²) in [6, 6.07) is 0.370. The lowest BCUT2D eigenvalue weighted by Gasteiger charge is -2.32. The summed E-state index contributed by atoms with van der Waals surface area (Å²) in [5.74, 6) is 0.705. The van der Waals surface area contributed by atoms with E-state index in [1.54, 1.807) is 12.4 Å². The fourth-order valence-corrected chi connectivity index (χ4v) is 3.25. The Kier molecular flexibility index (Phi) is 5.08. The largest absolute Gasteiger partial charge is 0.498 e. The van der Waals surface area contributed by atoms with Crippen molar-refractivity contribution >= 4 is 18.5 Å². The third-order valence-corrected chi connectivity index (χ3v) is 5.71. The van der Waals surface area contributed by atoms with E-state index in [2.05, 4.69) is 19.8 Å². The molecule has 0 spiro atoms. The second-order valence-electron chi connectivity index (χ2n) is 7.98. The Balaban J connectivity index is 1.65. The van der Waals surface area contributed by atoms with Crippen LogP contribution in [0.25, 0.3) is 0 Å². The van der Waals surface area contributed by atoms with E-state index in [1.807, 2.05) is 34.7 Å². The molecule has 0 bridgehead atoms. The second-order valence-corrected chi connectivity index (χ2v) is 7.98. The zero-order valence-corrected chi connectivity index (χ0v) is 15.9. The van der Waals surface area contributed by atoms with Crippen LogP contribution in [-0.4, -0.2) is 77.6 Å². The summed E-state index contributed by atoms with van der Waals surface area (Å²) < 4.78 is 12.1. The van der Waals surface area contributed by atoms with Gasteiger partial charge in [-0.15, -0.1) is 0 Å². The van der Waals surface area contributed by atoms with Gasteiger partial charge in [-0.05, 0) is 34.1 Å². The second kappa shape index (κ2) is 6.83. The minimum Gasteiger partial charge on any atom is -0.399 e. The fourth-order valence-electron chi connectivity index (χ4n) is 3.25. The van der Waals surface area contributed by atoms with Gasteiger partial charge in [-0.25, -0.2) is 9.97 Å². The highest BCUT2D eigenvalue weighted by atomic mass is 16.7. The number of aliphatic hydroxyl groups is 1. The van der Waals surface area contributed by atoms with Gasteiger partial charge < -0.3 is 19.3 Å². The number of aliphatic hydroxyl groups excluding tert-OH is 1. The summed E-state index contributed by atoms with van der Waals surface area (Å²) in [5.41, 5.74) is 0.101. The van der Waals surface area contributed by atoms with E-state index in [9.17, 15) is 0 Å². The van der Waals surface area contributed by atoms with Crippen molar-refractivity contribution in [1.29, 1.82) is 0 Å².